The minimum absolute atomic E-state index is 0. The van der Waals surface area contributed by atoms with Crippen molar-refractivity contribution in [2.24, 2.45) is 0 Å². The molecule has 0 atom stereocenters. The number of para-hydroxylation sites is 1. The minimum atomic E-state index is -0.345. The van der Waals surface area contributed by atoms with Crippen LogP contribution < -0.4 is 0 Å². The number of aromatic nitrogens is 3. The van der Waals surface area contributed by atoms with Gasteiger partial charge in [0.25, 0.3) is 0 Å². The summed E-state index contributed by atoms with van der Waals surface area (Å²) < 4.78 is 2.31. The van der Waals surface area contributed by atoms with Gasteiger partial charge in [0, 0.05) is 44.1 Å². The Morgan fingerprint density at radius 2 is 1.09 bits per heavy atom. The van der Waals surface area contributed by atoms with Crippen molar-refractivity contribution in [3.05, 3.63) is 192 Å². The molecule has 0 amide bonds. The van der Waals surface area contributed by atoms with E-state index in [0.29, 0.717) is 11.4 Å². The second-order valence-electron chi connectivity index (χ2n) is 23.0. The van der Waals surface area contributed by atoms with E-state index in [1.165, 1.54) is 16.7 Å². The summed E-state index contributed by atoms with van der Waals surface area (Å²) in [5.74, 6) is 0.924. The van der Waals surface area contributed by atoms with Gasteiger partial charge in [0.1, 0.15) is 11.6 Å². The number of benzene rings is 7. The zero-order valence-electron chi connectivity index (χ0n) is 43.1. The number of fused-ring (bicyclic) bond motifs is 1. The Balaban J connectivity index is 0.00000659. The van der Waals surface area contributed by atoms with Crippen LogP contribution in [0.5, 0.6) is 5.75 Å². The smallest absolute Gasteiger partial charge is 0.148 e. The van der Waals surface area contributed by atoms with E-state index in [1.807, 2.05) is 6.20 Å². The quantitative estimate of drug-likeness (QED) is 0.162. The molecule has 9 aromatic rings. The molecule has 2 heterocycles. The molecule has 0 saturated heterocycles. The third kappa shape index (κ3) is 9.99. The Kier molecular flexibility index (Phi) is 13.4. The van der Waals surface area contributed by atoms with Crippen molar-refractivity contribution in [2.75, 3.05) is 0 Å². The van der Waals surface area contributed by atoms with Gasteiger partial charge < -0.3 is 5.11 Å². The van der Waals surface area contributed by atoms with E-state index < -0.39 is 0 Å². The fourth-order valence-electron chi connectivity index (χ4n) is 9.28. The number of phenolic OH excluding ortho intramolecular Hbond substituents is 1. The first-order valence-corrected chi connectivity index (χ1v) is 24.4. The summed E-state index contributed by atoms with van der Waals surface area (Å²) in [6, 6.07) is 58.4. The maximum Gasteiger partial charge on any atom is 0.148 e. The molecule has 0 unspecified atom stereocenters. The molecule has 2 aromatic heterocycles. The summed E-state index contributed by atoms with van der Waals surface area (Å²) >= 11 is 0. The van der Waals surface area contributed by atoms with Crippen LogP contribution in [0, 0.1) is 13.0 Å². The van der Waals surface area contributed by atoms with Crippen molar-refractivity contribution in [3.8, 4) is 78.6 Å². The Bertz CT molecular complexity index is 3350. The van der Waals surface area contributed by atoms with Gasteiger partial charge in [-0.15, -0.1) is 23.8 Å². The largest absolute Gasteiger partial charge is 0.507 e. The number of hydrogen-bond acceptors (Lipinski definition) is 3. The molecule has 0 saturated carbocycles. The van der Waals surface area contributed by atoms with E-state index in [1.54, 1.807) is 0 Å². The van der Waals surface area contributed by atoms with Crippen LogP contribution in [0.25, 0.3) is 83.9 Å². The van der Waals surface area contributed by atoms with Crippen LogP contribution in [0.4, 0.5) is 0 Å². The van der Waals surface area contributed by atoms with Gasteiger partial charge in [0.05, 0.1) is 22.3 Å². The molecular weight excluding hydrogens is 1030 g/mol. The molecule has 9 rings (SSSR count). The maximum atomic E-state index is 12.7. The molecule has 4 nitrogen and oxygen atoms in total. The minimum Gasteiger partial charge on any atom is -0.507 e. The van der Waals surface area contributed by atoms with Crippen LogP contribution in [0.3, 0.4) is 0 Å². The fraction of sp³-hybridized carbons (Fsp3) is 0.262. The van der Waals surface area contributed by atoms with Crippen molar-refractivity contribution in [1.82, 2.24) is 14.5 Å². The third-order valence-corrected chi connectivity index (χ3v) is 13.6. The average Bonchev–Trinajstić information content (AvgIpc) is 3.70. The number of nitrogens with zero attached hydrogens (tertiary/aromatic N) is 3. The molecule has 0 radical (unpaired) electrons. The zero-order valence-corrected chi connectivity index (χ0v) is 45.4. The Labute approximate surface area is 431 Å². The molecule has 0 aliphatic heterocycles. The molecule has 70 heavy (non-hydrogen) atoms. The van der Waals surface area contributed by atoms with E-state index in [4.69, 9.17) is 9.97 Å². The number of aryl methyl sites for hydroxylation is 1. The Hall–Kier alpha value is -6.35. The maximum absolute atomic E-state index is 12.7. The number of rotatable bonds is 7. The molecule has 7 aromatic carbocycles. The zero-order chi connectivity index (χ0) is 49.2. The summed E-state index contributed by atoms with van der Waals surface area (Å²) in [6.45, 7) is 28.9. The summed E-state index contributed by atoms with van der Waals surface area (Å²) in [7, 11) is 0. The van der Waals surface area contributed by atoms with Crippen molar-refractivity contribution >= 4 is 11.0 Å². The van der Waals surface area contributed by atoms with Gasteiger partial charge in [-0.1, -0.05) is 221 Å². The monoisotopic (exact) mass is 1100 g/mol. The molecule has 5 heteroatoms. The first-order chi connectivity index (χ1) is 32.5. The van der Waals surface area contributed by atoms with Crippen molar-refractivity contribution < 1.29 is 26.2 Å². The number of imidazole rings is 1. The van der Waals surface area contributed by atoms with Crippen LogP contribution >= 0.6 is 0 Å². The Morgan fingerprint density at radius 1 is 0.471 bits per heavy atom. The van der Waals surface area contributed by atoms with Crippen LogP contribution in [0.1, 0.15) is 111 Å². The number of aromatic hydroxyl groups is 1. The predicted octanol–water partition coefficient (Wildman–Crippen LogP) is 17.4. The number of pyridine rings is 1. The van der Waals surface area contributed by atoms with E-state index in [-0.39, 0.29) is 48.5 Å². The Morgan fingerprint density at radius 3 is 1.73 bits per heavy atom. The summed E-state index contributed by atoms with van der Waals surface area (Å²) in [5.41, 5.74) is 18.6. The predicted molar refractivity (Wildman–Crippen MR) is 292 cm³/mol. The summed E-state index contributed by atoms with van der Waals surface area (Å²) in [5, 5.41) is 12.7. The van der Waals surface area contributed by atoms with E-state index >= 15 is 0 Å². The van der Waals surface area contributed by atoms with Gasteiger partial charge in [0.15, 0.2) is 0 Å². The first kappa shape index (κ1) is 50.0. The van der Waals surface area contributed by atoms with Crippen molar-refractivity contribution in [2.45, 2.75) is 112 Å². The standard InChI is InChI=1S/C65H66N3O.Pt/c1-41-22-24-43(25-23-41)45-32-33-66-56(37-45)48-35-46(42-18-15-14-16-19-42)34-47(36-48)53-20-17-21-57-59(53)67-61(54-38-51(64(8,9)10)39-55(60(54)69)65(11,12)13)68(57)58-40-50(63(5,6)7)30-31-52(58)44-26-28-49(29-27-44)62(2,3)4;/h14-35,37-40,69H,1-13H3;/q-1;. The topological polar surface area (TPSA) is 50.9 Å². The van der Waals surface area contributed by atoms with E-state index in [9.17, 15) is 5.11 Å². The van der Waals surface area contributed by atoms with Crippen LogP contribution in [0.2, 0.25) is 0 Å². The van der Waals surface area contributed by atoms with E-state index in [0.717, 1.165) is 83.6 Å². The van der Waals surface area contributed by atoms with Gasteiger partial charge in [0.2, 0.25) is 0 Å². The van der Waals surface area contributed by atoms with Gasteiger partial charge in [-0.25, -0.2) is 4.98 Å². The number of hydrogen-bond donors (Lipinski definition) is 1. The number of phenols is 1. The molecule has 0 spiro atoms. The van der Waals surface area contributed by atoms with Crippen LogP contribution in [-0.2, 0) is 42.7 Å². The van der Waals surface area contributed by atoms with Gasteiger partial charge in [-0.2, -0.15) is 0 Å². The van der Waals surface area contributed by atoms with Gasteiger partial charge >= 0.3 is 0 Å². The average molecular weight is 1100 g/mol. The molecule has 358 valence electrons. The molecule has 0 aliphatic carbocycles. The third-order valence-electron chi connectivity index (χ3n) is 13.6. The van der Waals surface area contributed by atoms with Gasteiger partial charge in [-0.05, 0) is 91.8 Å². The van der Waals surface area contributed by atoms with Crippen molar-refractivity contribution in [3.63, 3.8) is 0 Å². The van der Waals surface area contributed by atoms with Gasteiger partial charge in [-0.3, -0.25) is 9.55 Å². The molecule has 0 aliphatic rings. The SMILES string of the molecule is Cc1ccc(-c2ccnc(-c3[c-]c(-c4cccc5c4nc(-c4cc(C(C)(C)C)cc(C(C)(C)C)c4O)n5-c4cc(C(C)(C)C)ccc4-c4ccc(C(C)(C)C)cc4)cc(-c4ccccc4)c3)c2)cc1.[Pt]. The first-order valence-electron chi connectivity index (χ1n) is 24.4. The van der Waals surface area contributed by atoms with Crippen LogP contribution in [0.15, 0.2) is 158 Å². The van der Waals surface area contributed by atoms with Crippen LogP contribution in [-0.4, -0.2) is 19.6 Å². The normalized spacial score (nSPS) is 12.3. The fourth-order valence-corrected chi connectivity index (χ4v) is 9.28. The molecule has 0 bridgehead atoms. The van der Waals surface area contributed by atoms with Crippen molar-refractivity contribution in [1.29, 1.82) is 0 Å². The van der Waals surface area contributed by atoms with E-state index in [2.05, 4.69) is 252 Å². The molecule has 0 fully saturated rings. The second kappa shape index (κ2) is 18.8. The second-order valence-corrected chi connectivity index (χ2v) is 23.0. The summed E-state index contributed by atoms with van der Waals surface area (Å²) in [4.78, 5) is 10.7. The molecular formula is C65H66N3OPt-. The summed E-state index contributed by atoms with van der Waals surface area (Å²) in [6.07, 6.45) is 1.89. The molecule has 1 N–H and O–H groups in total.